The highest BCUT2D eigenvalue weighted by Gasteiger charge is 2.63. The molecule has 0 radical (unpaired) electrons. The molecule has 8 nitrogen and oxygen atoms in total. The van der Waals surface area contributed by atoms with Crippen LogP contribution < -0.4 is 0 Å². The molecule has 62 heavy (non-hydrogen) atoms. The third-order valence-corrected chi connectivity index (χ3v) is 22.5. The molecular weight excluding hydrogens is 951 g/mol. The van der Waals surface area contributed by atoms with Crippen molar-refractivity contribution in [3.8, 4) is 0 Å². The Hall–Kier alpha value is -3.20. The van der Waals surface area contributed by atoms with Gasteiger partial charge in [0.2, 0.25) is 39.3 Å². The van der Waals surface area contributed by atoms with Crippen LogP contribution in [0.4, 0.5) is 0 Å². The average molecular weight is 991 g/mol. The van der Waals surface area contributed by atoms with Crippen LogP contribution in [0.1, 0.15) is 64.2 Å². The van der Waals surface area contributed by atoms with E-state index in [2.05, 4.69) is 0 Å². The van der Waals surface area contributed by atoms with E-state index in [1.807, 2.05) is 24.3 Å². The molecule has 0 aromatic heterocycles. The highest BCUT2D eigenvalue weighted by Crippen LogP contribution is 2.71. The van der Waals surface area contributed by atoms with E-state index in [9.17, 15) is 33.7 Å². The zero-order valence-corrected chi connectivity index (χ0v) is 39.3. The van der Waals surface area contributed by atoms with Gasteiger partial charge in [-0.1, -0.05) is 83.5 Å². The zero-order valence-electron chi connectivity index (χ0n) is 33.0. The molecule has 0 aliphatic heterocycles. The van der Waals surface area contributed by atoms with E-state index in [0.717, 1.165) is 38.5 Å². The molecule has 2 fully saturated rings. The smallest absolute Gasteiger partial charge is 0.202 e. The van der Waals surface area contributed by atoms with Gasteiger partial charge in [0, 0.05) is 56.0 Å². The molecular formula is C46H40Cl4O8S4. The number of hydrogen-bond donors (Lipinski definition) is 0. The monoisotopic (exact) mass is 988 g/mol. The van der Waals surface area contributed by atoms with Crippen molar-refractivity contribution >= 4 is 85.8 Å². The third kappa shape index (κ3) is 7.01. The first-order valence-electron chi connectivity index (χ1n) is 20.1. The molecule has 2 saturated carbocycles. The predicted molar refractivity (Wildman–Crippen MR) is 243 cm³/mol. The van der Waals surface area contributed by atoms with Gasteiger partial charge in [0.1, 0.15) is 0 Å². The van der Waals surface area contributed by atoms with Crippen LogP contribution in [0.25, 0.3) is 0 Å². The van der Waals surface area contributed by atoms with Gasteiger partial charge in [0.05, 0.1) is 19.6 Å². The first-order valence-corrected chi connectivity index (χ1v) is 27.5. The number of benzene rings is 4. The van der Waals surface area contributed by atoms with Crippen molar-refractivity contribution in [2.45, 2.75) is 83.8 Å². The predicted octanol–water partition coefficient (Wildman–Crippen LogP) is 11.9. The molecule has 0 N–H and O–H groups in total. The lowest BCUT2D eigenvalue weighted by molar-refractivity contribution is 0.215. The van der Waals surface area contributed by atoms with Crippen molar-refractivity contribution in [1.29, 1.82) is 0 Å². The van der Waals surface area contributed by atoms with Crippen molar-refractivity contribution in [2.75, 3.05) is 0 Å². The Morgan fingerprint density at radius 3 is 0.903 bits per heavy atom. The average Bonchev–Trinajstić information content (AvgIpc) is 4.01. The fourth-order valence-electron chi connectivity index (χ4n) is 11.0. The van der Waals surface area contributed by atoms with Crippen LogP contribution >= 0.6 is 46.4 Å². The van der Waals surface area contributed by atoms with Gasteiger partial charge in [-0.25, -0.2) is 33.7 Å². The molecule has 10 rings (SSSR count). The lowest BCUT2D eigenvalue weighted by Gasteiger charge is -2.33. The molecule has 16 heteroatoms. The molecule has 0 bridgehead atoms. The lowest BCUT2D eigenvalue weighted by atomic mass is 9.70. The Bertz CT molecular complexity index is 2900. The summed E-state index contributed by atoms with van der Waals surface area (Å²) in [7, 11) is -14.6. The second kappa shape index (κ2) is 15.2. The van der Waals surface area contributed by atoms with Crippen molar-refractivity contribution in [3.05, 3.63) is 161 Å². The minimum absolute atomic E-state index is 0.215. The van der Waals surface area contributed by atoms with Gasteiger partial charge in [0.15, 0.2) is 0 Å². The fraction of sp³-hybridized carbons (Fsp3) is 0.304. The maximum atomic E-state index is 13.3. The van der Waals surface area contributed by atoms with Gasteiger partial charge >= 0.3 is 0 Å². The molecule has 0 spiro atoms. The Balaban J connectivity index is 0.000000158. The quantitative estimate of drug-likeness (QED) is 0.170. The minimum atomic E-state index is -3.65. The normalized spacial score (nSPS) is 27.5. The van der Waals surface area contributed by atoms with E-state index in [0.29, 0.717) is 65.4 Å². The van der Waals surface area contributed by atoms with Gasteiger partial charge in [-0.2, -0.15) is 0 Å². The molecule has 324 valence electrons. The van der Waals surface area contributed by atoms with Crippen LogP contribution in [0.15, 0.2) is 161 Å². The number of sulfone groups is 4. The van der Waals surface area contributed by atoms with Gasteiger partial charge in [0.25, 0.3) is 0 Å². The zero-order chi connectivity index (χ0) is 44.1. The van der Waals surface area contributed by atoms with Gasteiger partial charge in [-0.15, -0.1) is 0 Å². The van der Waals surface area contributed by atoms with E-state index in [1.165, 1.54) is 48.5 Å². The molecule has 0 unspecified atom stereocenters. The Kier molecular flexibility index (Phi) is 10.8. The summed E-state index contributed by atoms with van der Waals surface area (Å²) in [6.07, 6.45) is 13.8. The highest BCUT2D eigenvalue weighted by molar-refractivity contribution is 7.96. The highest BCUT2D eigenvalue weighted by atomic mass is 35.5. The lowest BCUT2D eigenvalue weighted by Crippen LogP contribution is -2.26. The summed E-state index contributed by atoms with van der Waals surface area (Å²) in [5.41, 5.74) is -1.85. The van der Waals surface area contributed by atoms with E-state index < -0.39 is 61.0 Å². The van der Waals surface area contributed by atoms with Crippen LogP contribution in [0.2, 0.25) is 20.1 Å². The summed E-state index contributed by atoms with van der Waals surface area (Å²) in [5, 5.41) is 1.91. The van der Waals surface area contributed by atoms with Crippen LogP contribution in [0, 0.1) is 21.7 Å². The Morgan fingerprint density at radius 2 is 0.613 bits per heavy atom. The second-order valence-electron chi connectivity index (χ2n) is 17.3. The molecule has 4 aromatic carbocycles. The largest absolute Gasteiger partial charge is 0.219 e. The van der Waals surface area contributed by atoms with Crippen LogP contribution in [0.5, 0.6) is 0 Å². The summed E-state index contributed by atoms with van der Waals surface area (Å²) in [6, 6.07) is 24.7. The Labute approximate surface area is 383 Å². The summed E-state index contributed by atoms with van der Waals surface area (Å²) >= 11 is 23.6. The number of rotatable bonds is 8. The molecule has 4 aromatic rings. The third-order valence-electron chi connectivity index (χ3n) is 14.1. The van der Waals surface area contributed by atoms with Crippen molar-refractivity contribution in [2.24, 2.45) is 21.7 Å². The standard InChI is InChI=1S/2C23H20Cl2O4S2/c2*24-16-2-6-18(7-3-16)30(26,27)20-12-22-10-1-11-23(22,13-20)15-21(14-22)31(28,29)19-8-4-17(25)5-9-19/h2-9,12,15H,1,10-11,13-14H2;2-9,12,14H,1,10-11,13,15H2/t22-,23+;/m0./s1. The van der Waals surface area contributed by atoms with Crippen LogP contribution in [-0.4, -0.2) is 33.7 Å². The first-order chi connectivity index (χ1) is 29.2. The molecule has 0 saturated heterocycles. The van der Waals surface area contributed by atoms with E-state index >= 15 is 0 Å². The number of allylic oxidation sites excluding steroid dienone is 8. The summed E-state index contributed by atoms with van der Waals surface area (Å²) in [6.45, 7) is 0. The van der Waals surface area contributed by atoms with E-state index in [-0.39, 0.29) is 19.6 Å². The van der Waals surface area contributed by atoms with Crippen molar-refractivity contribution in [1.82, 2.24) is 0 Å². The SMILES string of the molecule is O=S(=O)(C1=CC23C=C(S(=O)(=O)c4ccc(Cl)cc4)CC2(CCC3)C1)c1ccc(Cl)cc1.O=S(=O)(C1=C[C@]23CCC[C@]2(C=C(S(=O)(=O)c2ccc(Cl)cc2)C3)C1)c1ccc(Cl)cc1. The van der Waals surface area contributed by atoms with Gasteiger partial charge in [-0.05, 0) is 154 Å². The number of hydrogen-bond acceptors (Lipinski definition) is 8. The minimum Gasteiger partial charge on any atom is -0.219 e. The summed E-state index contributed by atoms with van der Waals surface area (Å²) < 4.78 is 106. The topological polar surface area (TPSA) is 137 Å². The van der Waals surface area contributed by atoms with Crippen LogP contribution in [-0.2, 0) is 39.3 Å². The maximum absolute atomic E-state index is 13.3. The summed E-state index contributed by atoms with van der Waals surface area (Å²) in [5.74, 6) is 0. The molecule has 2 atom stereocenters. The maximum Gasteiger partial charge on any atom is 0.202 e. The molecule has 0 amide bonds. The summed E-state index contributed by atoms with van der Waals surface area (Å²) in [4.78, 5) is 2.39. The van der Waals surface area contributed by atoms with Crippen molar-refractivity contribution in [3.63, 3.8) is 0 Å². The van der Waals surface area contributed by atoms with E-state index in [4.69, 9.17) is 46.4 Å². The number of halogens is 4. The van der Waals surface area contributed by atoms with Crippen LogP contribution in [0.3, 0.4) is 0 Å². The Morgan fingerprint density at radius 1 is 0.339 bits per heavy atom. The first kappa shape index (κ1) is 44.0. The molecule has 6 aliphatic rings. The molecule has 0 heterocycles. The van der Waals surface area contributed by atoms with Gasteiger partial charge < -0.3 is 0 Å². The van der Waals surface area contributed by atoms with Gasteiger partial charge in [-0.3, -0.25) is 0 Å². The second-order valence-corrected chi connectivity index (χ2v) is 27.1. The fourth-order valence-corrected chi connectivity index (χ4v) is 18.0. The van der Waals surface area contributed by atoms with Crippen molar-refractivity contribution < 1.29 is 33.7 Å². The van der Waals surface area contributed by atoms with E-state index in [1.54, 1.807) is 48.5 Å². The molecule has 6 aliphatic carbocycles.